The van der Waals surface area contributed by atoms with E-state index in [1.165, 1.54) is 33.3 Å². The average molecular weight is 425 g/mol. The summed E-state index contributed by atoms with van der Waals surface area (Å²) in [5, 5.41) is 0.903. The summed E-state index contributed by atoms with van der Waals surface area (Å²) in [6.45, 7) is 3.10. The Bertz CT molecular complexity index is 1010. The molecule has 2 aromatic carbocycles. The highest BCUT2D eigenvalue weighted by Crippen LogP contribution is 2.32. The van der Waals surface area contributed by atoms with E-state index in [1.54, 1.807) is 30.3 Å². The molecule has 9 heteroatoms. The van der Waals surface area contributed by atoms with Crippen molar-refractivity contribution < 1.29 is 28.7 Å². The maximum Gasteiger partial charge on any atom is 0.269 e. The van der Waals surface area contributed by atoms with Gasteiger partial charge in [-0.2, -0.15) is 0 Å². The van der Waals surface area contributed by atoms with E-state index in [1.807, 2.05) is 6.92 Å². The van der Waals surface area contributed by atoms with E-state index in [0.29, 0.717) is 17.1 Å². The van der Waals surface area contributed by atoms with Gasteiger partial charge >= 0.3 is 0 Å². The number of anilines is 1. The summed E-state index contributed by atoms with van der Waals surface area (Å²) in [6, 6.07) is 10.2. The zero-order valence-electron chi connectivity index (χ0n) is 17.7. The van der Waals surface area contributed by atoms with Gasteiger partial charge < -0.3 is 9.47 Å². The number of hydrogen-bond donors (Lipinski definition) is 1. The average Bonchev–Trinajstić information content (AvgIpc) is 3.05. The second kappa shape index (κ2) is 8.86. The van der Waals surface area contributed by atoms with Gasteiger partial charge in [0, 0.05) is 30.7 Å². The number of nitrogens with one attached hydrogen (secondary N) is 1. The molecule has 1 aliphatic heterocycles. The van der Waals surface area contributed by atoms with Gasteiger partial charge in [-0.05, 0) is 19.1 Å². The van der Waals surface area contributed by atoms with E-state index in [-0.39, 0.29) is 12.1 Å². The summed E-state index contributed by atoms with van der Waals surface area (Å²) in [5.74, 6) is -1.49. The number of benzene rings is 2. The molecule has 1 atom stereocenters. The summed E-state index contributed by atoms with van der Waals surface area (Å²) in [6.07, 6.45) is -0.272. The van der Waals surface area contributed by atoms with Gasteiger partial charge in [-0.25, -0.2) is 9.91 Å². The van der Waals surface area contributed by atoms with E-state index in [4.69, 9.17) is 9.47 Å². The number of ether oxygens (including phenoxy) is 2. The predicted molar refractivity (Wildman–Crippen MR) is 112 cm³/mol. The molecule has 1 saturated heterocycles. The van der Waals surface area contributed by atoms with E-state index in [2.05, 4.69) is 5.43 Å². The van der Waals surface area contributed by atoms with E-state index < -0.39 is 29.7 Å². The fourth-order valence-corrected chi connectivity index (χ4v) is 3.27. The van der Waals surface area contributed by atoms with Crippen molar-refractivity contribution in [2.75, 3.05) is 19.1 Å². The zero-order valence-corrected chi connectivity index (χ0v) is 17.7. The highest BCUT2D eigenvalue weighted by Gasteiger charge is 2.45. The summed E-state index contributed by atoms with van der Waals surface area (Å²) in [4.78, 5) is 51.6. The van der Waals surface area contributed by atoms with Gasteiger partial charge in [-0.1, -0.05) is 17.7 Å². The number of hydrogen-bond acceptors (Lipinski definition) is 6. The summed E-state index contributed by atoms with van der Waals surface area (Å²) in [5.41, 5.74) is 4.01. The maximum absolute atomic E-state index is 13.1. The number of rotatable bonds is 5. The zero-order chi connectivity index (χ0) is 22.7. The number of imide groups is 1. The normalized spacial score (nSPS) is 15.6. The van der Waals surface area contributed by atoms with Crippen LogP contribution in [0.25, 0.3) is 0 Å². The molecule has 1 unspecified atom stereocenters. The monoisotopic (exact) mass is 425 g/mol. The quantitative estimate of drug-likeness (QED) is 0.579. The third-order valence-electron chi connectivity index (χ3n) is 4.90. The van der Waals surface area contributed by atoms with Crippen LogP contribution in [0.5, 0.6) is 11.5 Å². The molecular formula is C22H23N3O6. The van der Waals surface area contributed by atoms with Crippen LogP contribution in [0.2, 0.25) is 0 Å². The van der Waals surface area contributed by atoms with E-state index in [9.17, 15) is 19.2 Å². The van der Waals surface area contributed by atoms with Crippen molar-refractivity contribution in [1.29, 1.82) is 0 Å². The molecule has 1 N–H and O–H groups in total. The molecule has 0 bridgehead atoms. The van der Waals surface area contributed by atoms with Crippen LogP contribution in [0.4, 0.5) is 5.69 Å². The molecule has 1 aliphatic rings. The third kappa shape index (κ3) is 4.50. The number of hydrazine groups is 1. The molecule has 3 rings (SSSR count). The maximum atomic E-state index is 13.1. The highest BCUT2D eigenvalue weighted by molar-refractivity contribution is 6.23. The molecule has 1 fully saturated rings. The Morgan fingerprint density at radius 1 is 1.03 bits per heavy atom. The van der Waals surface area contributed by atoms with Gasteiger partial charge in [-0.15, -0.1) is 0 Å². The summed E-state index contributed by atoms with van der Waals surface area (Å²) in [7, 11) is 2.90. The first-order valence-electron chi connectivity index (χ1n) is 9.52. The Morgan fingerprint density at radius 2 is 1.61 bits per heavy atom. The number of carbonyl (C=O) groups excluding carboxylic acids is 4. The first kappa shape index (κ1) is 21.8. The number of nitrogens with zero attached hydrogens (tertiary/aromatic N) is 2. The topological polar surface area (TPSA) is 105 Å². The number of methoxy groups -OCH3 is 2. The lowest BCUT2D eigenvalue weighted by atomic mass is 10.1. The molecule has 1 heterocycles. The van der Waals surface area contributed by atoms with Crippen molar-refractivity contribution in [3.63, 3.8) is 0 Å². The third-order valence-corrected chi connectivity index (χ3v) is 4.90. The molecule has 0 spiro atoms. The minimum absolute atomic E-state index is 0.252. The highest BCUT2D eigenvalue weighted by atomic mass is 16.5. The molecule has 4 amide bonds. The predicted octanol–water partition coefficient (Wildman–Crippen LogP) is 1.84. The molecular weight excluding hydrogens is 402 g/mol. The molecule has 9 nitrogen and oxygen atoms in total. The largest absolute Gasteiger partial charge is 0.497 e. The van der Waals surface area contributed by atoms with Gasteiger partial charge in [0.05, 0.1) is 26.3 Å². The van der Waals surface area contributed by atoms with Crippen molar-refractivity contribution in [1.82, 2.24) is 10.4 Å². The van der Waals surface area contributed by atoms with Crippen LogP contribution in [0.15, 0.2) is 42.5 Å². The Kier molecular flexibility index (Phi) is 6.24. The first-order valence-corrected chi connectivity index (χ1v) is 9.52. The lowest BCUT2D eigenvalue weighted by molar-refractivity contribution is -0.139. The second-order valence-electron chi connectivity index (χ2n) is 7.05. The standard InChI is InChI=1S/C22H23N3O6/c1-13-5-7-15(8-6-13)21(28)23-25(14(2)26)19-12-20(27)24(22(19)29)16-9-17(30-3)11-18(10-16)31-4/h5-11,19H,12H2,1-4H3,(H,23,28). The summed E-state index contributed by atoms with van der Waals surface area (Å²) >= 11 is 0. The Hall–Kier alpha value is -3.88. The Balaban J connectivity index is 1.87. The van der Waals surface area contributed by atoms with Crippen molar-refractivity contribution in [3.8, 4) is 11.5 Å². The van der Waals surface area contributed by atoms with Crippen molar-refractivity contribution >= 4 is 29.3 Å². The van der Waals surface area contributed by atoms with E-state index in [0.717, 1.165) is 15.5 Å². The van der Waals surface area contributed by atoms with Crippen LogP contribution in [0.3, 0.4) is 0 Å². The van der Waals surface area contributed by atoms with Crippen LogP contribution < -0.4 is 19.8 Å². The molecule has 162 valence electrons. The van der Waals surface area contributed by atoms with Gasteiger partial charge in [0.25, 0.3) is 11.8 Å². The fraction of sp³-hybridized carbons (Fsp3) is 0.273. The molecule has 0 radical (unpaired) electrons. The van der Waals surface area contributed by atoms with Crippen molar-refractivity contribution in [3.05, 3.63) is 53.6 Å². The Morgan fingerprint density at radius 3 is 2.13 bits per heavy atom. The number of amides is 4. The van der Waals surface area contributed by atoms with Gasteiger partial charge in [0.2, 0.25) is 11.8 Å². The van der Waals surface area contributed by atoms with Gasteiger partial charge in [0.15, 0.2) is 0 Å². The molecule has 0 saturated carbocycles. The summed E-state index contributed by atoms with van der Waals surface area (Å²) < 4.78 is 10.4. The minimum atomic E-state index is -1.17. The SMILES string of the molecule is COc1cc(OC)cc(N2C(=O)CC(N(NC(=O)c3ccc(C)cc3)C(C)=O)C2=O)c1. The second-order valence-corrected chi connectivity index (χ2v) is 7.05. The molecule has 0 aromatic heterocycles. The van der Waals surface area contributed by atoms with Crippen LogP contribution >= 0.6 is 0 Å². The lowest BCUT2D eigenvalue weighted by Crippen LogP contribution is -2.54. The Labute approximate surface area is 179 Å². The lowest BCUT2D eigenvalue weighted by Gasteiger charge is -2.26. The molecule has 31 heavy (non-hydrogen) atoms. The van der Waals surface area contributed by atoms with Gasteiger partial charge in [0.1, 0.15) is 17.5 Å². The number of carbonyl (C=O) groups is 4. The smallest absolute Gasteiger partial charge is 0.269 e. The molecule has 2 aromatic rings. The van der Waals surface area contributed by atoms with E-state index >= 15 is 0 Å². The first-order chi connectivity index (χ1) is 14.7. The van der Waals surface area contributed by atoms with Crippen molar-refractivity contribution in [2.45, 2.75) is 26.3 Å². The fourth-order valence-electron chi connectivity index (χ4n) is 3.27. The molecule has 0 aliphatic carbocycles. The van der Waals surface area contributed by atoms with Crippen LogP contribution in [-0.2, 0) is 14.4 Å². The van der Waals surface area contributed by atoms with Crippen LogP contribution in [-0.4, -0.2) is 48.9 Å². The van der Waals surface area contributed by atoms with Crippen LogP contribution in [0.1, 0.15) is 29.3 Å². The van der Waals surface area contributed by atoms with Gasteiger partial charge in [-0.3, -0.25) is 24.6 Å². The van der Waals surface area contributed by atoms with Crippen LogP contribution in [0, 0.1) is 6.92 Å². The number of aryl methyl sites for hydroxylation is 1. The minimum Gasteiger partial charge on any atom is -0.497 e. The van der Waals surface area contributed by atoms with Crippen molar-refractivity contribution in [2.24, 2.45) is 0 Å².